The summed E-state index contributed by atoms with van der Waals surface area (Å²) in [5.41, 5.74) is 12.1. The van der Waals surface area contributed by atoms with Crippen molar-refractivity contribution in [2.45, 2.75) is 45.2 Å². The highest BCUT2D eigenvalue weighted by Crippen LogP contribution is 2.25. The van der Waals surface area contributed by atoms with E-state index in [0.29, 0.717) is 24.0 Å². The standard InChI is InChI=1S/C19H27FN10O/c1-11(21)7-15(22)26-18-27-17(25-12(2)16-23-8-13(20)9-24-16)28-19(29-18)30-6-4-3-5-14(30)10-31/h7-9,12,14,31H,3-6,10,21H2,1-2H3,(H3,22,25,26,27,28,29)/b11-7-/t12-,14-/m0/s1. The van der Waals surface area contributed by atoms with Crippen molar-refractivity contribution >= 4 is 23.7 Å². The van der Waals surface area contributed by atoms with E-state index < -0.39 is 11.9 Å². The van der Waals surface area contributed by atoms with Gasteiger partial charge in [-0.25, -0.2) is 14.4 Å². The van der Waals surface area contributed by atoms with Crippen molar-refractivity contribution in [2.75, 3.05) is 23.4 Å². The predicted molar refractivity (Wildman–Crippen MR) is 115 cm³/mol. The number of aliphatic hydroxyl groups excluding tert-OH is 1. The van der Waals surface area contributed by atoms with E-state index in [-0.39, 0.29) is 30.4 Å². The summed E-state index contributed by atoms with van der Waals surface area (Å²) in [6, 6.07) is -0.506. The molecule has 2 aromatic rings. The number of anilines is 2. The molecule has 2 atom stereocenters. The van der Waals surface area contributed by atoms with Crippen LogP contribution in [0, 0.1) is 5.82 Å². The molecule has 11 nitrogen and oxygen atoms in total. The molecule has 3 rings (SSSR count). The fourth-order valence-electron chi connectivity index (χ4n) is 3.24. The molecule has 0 spiro atoms. The largest absolute Gasteiger partial charge is 0.402 e. The van der Waals surface area contributed by atoms with Gasteiger partial charge >= 0.3 is 0 Å². The van der Waals surface area contributed by atoms with Crippen LogP contribution in [-0.4, -0.2) is 55.1 Å². The molecule has 12 heteroatoms. The van der Waals surface area contributed by atoms with E-state index in [0.717, 1.165) is 31.7 Å². The molecule has 2 aromatic heterocycles. The van der Waals surface area contributed by atoms with Crippen molar-refractivity contribution in [2.24, 2.45) is 16.5 Å². The van der Waals surface area contributed by atoms with Crippen LogP contribution in [-0.2, 0) is 0 Å². The molecule has 31 heavy (non-hydrogen) atoms. The number of amidine groups is 1. The molecule has 1 fully saturated rings. The molecule has 3 heterocycles. The molecule has 0 saturated carbocycles. The van der Waals surface area contributed by atoms with E-state index >= 15 is 0 Å². The highest BCUT2D eigenvalue weighted by Gasteiger charge is 2.25. The third-order valence-corrected chi connectivity index (χ3v) is 4.68. The van der Waals surface area contributed by atoms with Gasteiger partial charge in [0.2, 0.25) is 11.9 Å². The van der Waals surface area contributed by atoms with Crippen molar-refractivity contribution in [3.05, 3.63) is 35.8 Å². The van der Waals surface area contributed by atoms with Gasteiger partial charge in [0.05, 0.1) is 31.1 Å². The van der Waals surface area contributed by atoms with E-state index in [2.05, 4.69) is 35.2 Å². The Bertz CT molecular complexity index is 945. The first-order chi connectivity index (χ1) is 14.9. The lowest BCUT2D eigenvalue weighted by Crippen LogP contribution is -2.43. The fourth-order valence-corrected chi connectivity index (χ4v) is 3.24. The molecule has 0 unspecified atom stereocenters. The van der Waals surface area contributed by atoms with Gasteiger partial charge in [-0.2, -0.15) is 19.9 Å². The van der Waals surface area contributed by atoms with Gasteiger partial charge in [-0.3, -0.25) is 0 Å². The minimum Gasteiger partial charge on any atom is -0.402 e. The first kappa shape index (κ1) is 22.3. The molecular weight excluding hydrogens is 403 g/mol. The van der Waals surface area contributed by atoms with Crippen LogP contribution in [0.5, 0.6) is 0 Å². The fraction of sp³-hybridized carbons (Fsp3) is 0.474. The van der Waals surface area contributed by atoms with E-state index in [1.165, 1.54) is 6.08 Å². The number of hydrogen-bond acceptors (Lipinski definition) is 10. The Kier molecular flexibility index (Phi) is 7.23. The summed E-state index contributed by atoms with van der Waals surface area (Å²) in [5.74, 6) is 0.707. The highest BCUT2D eigenvalue weighted by molar-refractivity contribution is 5.93. The molecule has 0 amide bonds. The van der Waals surface area contributed by atoms with Crippen LogP contribution in [0.1, 0.15) is 45.0 Å². The zero-order valence-electron chi connectivity index (χ0n) is 17.5. The maximum Gasteiger partial charge on any atom is 0.257 e. The molecule has 0 aliphatic carbocycles. The first-order valence-electron chi connectivity index (χ1n) is 10.0. The van der Waals surface area contributed by atoms with Gasteiger partial charge in [0.1, 0.15) is 11.7 Å². The Hall–Kier alpha value is -3.41. The maximum absolute atomic E-state index is 13.1. The summed E-state index contributed by atoms with van der Waals surface area (Å²) in [5, 5.41) is 12.9. The number of hydrogen-bond donors (Lipinski definition) is 4. The second-order valence-electron chi connectivity index (χ2n) is 7.34. The van der Waals surface area contributed by atoms with Crippen molar-refractivity contribution < 1.29 is 9.50 Å². The molecule has 0 radical (unpaired) electrons. The Balaban J connectivity index is 1.95. The van der Waals surface area contributed by atoms with E-state index in [1.54, 1.807) is 13.8 Å². The number of piperidine rings is 1. The summed E-state index contributed by atoms with van der Waals surface area (Å²) in [6.45, 7) is 4.18. The second kappa shape index (κ2) is 10.1. The van der Waals surface area contributed by atoms with Gasteiger partial charge in [-0.05, 0) is 39.2 Å². The second-order valence-corrected chi connectivity index (χ2v) is 7.34. The molecule has 166 valence electrons. The normalized spacial score (nSPS) is 18.7. The van der Waals surface area contributed by atoms with Gasteiger partial charge in [-0.1, -0.05) is 0 Å². The lowest BCUT2D eigenvalue weighted by Gasteiger charge is -2.34. The summed E-state index contributed by atoms with van der Waals surface area (Å²) in [6.07, 6.45) is 6.51. The molecule has 0 aromatic carbocycles. The van der Waals surface area contributed by atoms with E-state index in [1.807, 2.05) is 4.90 Å². The maximum atomic E-state index is 13.1. The van der Waals surface area contributed by atoms with Gasteiger partial charge < -0.3 is 26.8 Å². The zero-order valence-corrected chi connectivity index (χ0v) is 17.5. The Morgan fingerprint density at radius 2 is 2.06 bits per heavy atom. The summed E-state index contributed by atoms with van der Waals surface area (Å²) < 4.78 is 13.1. The Labute approximate surface area is 179 Å². The summed E-state index contributed by atoms with van der Waals surface area (Å²) >= 11 is 0. The number of aliphatic imine (C=N–C) groups is 1. The van der Waals surface area contributed by atoms with Crippen molar-refractivity contribution in [3.63, 3.8) is 0 Å². The average Bonchev–Trinajstić information content (AvgIpc) is 2.73. The number of halogens is 1. The number of aliphatic hydroxyl groups is 1. The lowest BCUT2D eigenvalue weighted by molar-refractivity contribution is 0.239. The van der Waals surface area contributed by atoms with E-state index in [4.69, 9.17) is 11.5 Å². The Morgan fingerprint density at radius 3 is 2.74 bits per heavy atom. The smallest absolute Gasteiger partial charge is 0.257 e. The van der Waals surface area contributed by atoms with Crippen LogP contribution in [0.25, 0.3) is 0 Å². The topological polar surface area (TPSA) is 164 Å². The quantitative estimate of drug-likeness (QED) is 0.370. The lowest BCUT2D eigenvalue weighted by atomic mass is 10.0. The minimum atomic E-state index is -0.520. The molecular formula is C19H27FN10O. The van der Waals surface area contributed by atoms with Crippen LogP contribution in [0.15, 0.2) is 29.2 Å². The van der Waals surface area contributed by atoms with Gasteiger partial charge in [0.15, 0.2) is 5.82 Å². The van der Waals surface area contributed by atoms with Crippen LogP contribution in [0.3, 0.4) is 0 Å². The van der Waals surface area contributed by atoms with Gasteiger partial charge in [0, 0.05) is 12.2 Å². The highest BCUT2D eigenvalue weighted by atomic mass is 19.1. The summed E-state index contributed by atoms with van der Waals surface area (Å²) in [7, 11) is 0. The van der Waals surface area contributed by atoms with E-state index in [9.17, 15) is 9.50 Å². The molecule has 0 bridgehead atoms. The molecule has 6 N–H and O–H groups in total. The third-order valence-electron chi connectivity index (χ3n) is 4.68. The number of rotatable bonds is 7. The van der Waals surface area contributed by atoms with Crippen molar-refractivity contribution in [3.8, 4) is 0 Å². The number of aromatic nitrogens is 5. The SMILES string of the molecule is C/C(N)=C/C(N)=N\c1nc(N[C@@H](C)c2ncc(F)cn2)nc(N2CCCC[C@H]2CO)n1. The van der Waals surface area contributed by atoms with Gasteiger partial charge in [-0.15, -0.1) is 0 Å². The van der Waals surface area contributed by atoms with Crippen LogP contribution < -0.4 is 21.7 Å². The van der Waals surface area contributed by atoms with Crippen molar-refractivity contribution in [1.29, 1.82) is 0 Å². The Morgan fingerprint density at radius 1 is 1.32 bits per heavy atom. The van der Waals surface area contributed by atoms with Crippen molar-refractivity contribution in [1.82, 2.24) is 24.9 Å². The van der Waals surface area contributed by atoms with Gasteiger partial charge in [0.25, 0.3) is 5.95 Å². The van der Waals surface area contributed by atoms with Crippen LogP contribution >= 0.6 is 0 Å². The van der Waals surface area contributed by atoms with Crippen LogP contribution in [0.4, 0.5) is 22.2 Å². The molecule has 1 aliphatic heterocycles. The number of allylic oxidation sites excluding steroid dienone is 1. The predicted octanol–water partition coefficient (Wildman–Crippen LogP) is 1.18. The monoisotopic (exact) mass is 430 g/mol. The van der Waals surface area contributed by atoms with Crippen LogP contribution in [0.2, 0.25) is 0 Å². The molecule has 1 saturated heterocycles. The number of nitrogens with one attached hydrogen (secondary N) is 1. The first-order valence-corrected chi connectivity index (χ1v) is 10.0. The average molecular weight is 430 g/mol. The molecule has 1 aliphatic rings. The number of nitrogens with two attached hydrogens (primary N) is 2. The summed E-state index contributed by atoms with van der Waals surface area (Å²) in [4.78, 5) is 27.4. The minimum absolute atomic E-state index is 0.00981. The number of nitrogens with zero attached hydrogens (tertiary/aromatic N) is 7. The zero-order chi connectivity index (χ0) is 22.4. The third kappa shape index (κ3) is 6.04.